The Morgan fingerprint density at radius 1 is 1.32 bits per heavy atom. The molecule has 102 valence electrons. The van der Waals surface area contributed by atoms with Crippen LogP contribution in [0.5, 0.6) is 0 Å². The third-order valence-electron chi connectivity index (χ3n) is 3.73. The molecule has 0 fully saturated rings. The second kappa shape index (κ2) is 5.05. The van der Waals surface area contributed by atoms with Crippen molar-refractivity contribution in [2.45, 2.75) is 19.4 Å². The maximum Gasteiger partial charge on any atom is 0.252 e. The van der Waals surface area contributed by atoms with Gasteiger partial charge in [-0.1, -0.05) is 6.07 Å². The Hall–Kier alpha value is -1.81. The number of rotatable bonds is 4. The Morgan fingerprint density at radius 2 is 2.05 bits per heavy atom. The zero-order chi connectivity index (χ0) is 14.0. The fraction of sp³-hybridized carbons (Fsp3) is 0.400. The lowest BCUT2D eigenvalue weighted by Crippen LogP contribution is -2.48. The number of carbonyl (C=O) groups excluding carboxylic acids is 1. The number of nitrogens with one attached hydrogen (secondary N) is 2. The molecule has 0 aliphatic rings. The first kappa shape index (κ1) is 13.6. The first-order valence-corrected chi connectivity index (χ1v) is 6.43. The fourth-order valence-corrected chi connectivity index (χ4v) is 1.83. The van der Waals surface area contributed by atoms with E-state index in [0.717, 1.165) is 10.9 Å². The summed E-state index contributed by atoms with van der Waals surface area (Å²) in [6.07, 6.45) is 1.85. The van der Waals surface area contributed by atoms with Crippen molar-refractivity contribution in [2.75, 3.05) is 20.6 Å². The Morgan fingerprint density at radius 3 is 2.74 bits per heavy atom. The molecule has 1 heterocycles. The van der Waals surface area contributed by atoms with Gasteiger partial charge in [0.2, 0.25) is 0 Å². The molecule has 2 aromatic rings. The fourth-order valence-electron chi connectivity index (χ4n) is 1.83. The zero-order valence-electron chi connectivity index (χ0n) is 11.9. The highest BCUT2D eigenvalue weighted by atomic mass is 16.1. The molecule has 2 rings (SSSR count). The van der Waals surface area contributed by atoms with Crippen molar-refractivity contribution in [3.05, 3.63) is 36.0 Å². The number of H-pyrrole nitrogens is 1. The molecule has 0 atom stereocenters. The summed E-state index contributed by atoms with van der Waals surface area (Å²) in [5, 5.41) is 3.97. The molecule has 0 radical (unpaired) electrons. The SMILES string of the molecule is CN(C)C(C)(C)CNC(=O)c1cccc2[nH]ccc12. The highest BCUT2D eigenvalue weighted by molar-refractivity contribution is 6.06. The number of likely N-dealkylation sites (N-methyl/N-ethyl adjacent to an activating group) is 1. The summed E-state index contributed by atoms with van der Waals surface area (Å²) in [6.45, 7) is 4.81. The maximum absolute atomic E-state index is 12.3. The number of aromatic amines is 1. The van der Waals surface area contributed by atoms with E-state index in [2.05, 4.69) is 29.0 Å². The number of aromatic nitrogens is 1. The Bertz CT molecular complexity index is 584. The van der Waals surface area contributed by atoms with Gasteiger partial charge in [-0.15, -0.1) is 0 Å². The van der Waals surface area contributed by atoms with E-state index >= 15 is 0 Å². The Kier molecular flexibility index (Phi) is 3.62. The smallest absolute Gasteiger partial charge is 0.252 e. The van der Waals surface area contributed by atoms with Crippen LogP contribution < -0.4 is 5.32 Å². The molecule has 0 saturated heterocycles. The van der Waals surface area contributed by atoms with E-state index in [9.17, 15) is 4.79 Å². The molecular weight excluding hydrogens is 238 g/mol. The first-order valence-electron chi connectivity index (χ1n) is 6.43. The van der Waals surface area contributed by atoms with Crippen molar-refractivity contribution in [3.8, 4) is 0 Å². The topological polar surface area (TPSA) is 48.1 Å². The van der Waals surface area contributed by atoms with Gasteiger partial charge in [-0.3, -0.25) is 4.79 Å². The number of amides is 1. The number of benzene rings is 1. The van der Waals surface area contributed by atoms with Crippen molar-refractivity contribution in [1.82, 2.24) is 15.2 Å². The molecule has 19 heavy (non-hydrogen) atoms. The lowest BCUT2D eigenvalue weighted by molar-refractivity contribution is 0.0921. The van der Waals surface area contributed by atoms with Gasteiger partial charge < -0.3 is 15.2 Å². The second-order valence-electron chi connectivity index (χ2n) is 5.63. The minimum atomic E-state index is -0.0678. The van der Waals surface area contributed by atoms with Crippen molar-refractivity contribution in [2.24, 2.45) is 0 Å². The molecule has 2 N–H and O–H groups in total. The Balaban J connectivity index is 2.15. The van der Waals surface area contributed by atoms with Crippen LogP contribution in [-0.4, -0.2) is 42.0 Å². The number of fused-ring (bicyclic) bond motifs is 1. The van der Waals surface area contributed by atoms with Gasteiger partial charge in [-0.25, -0.2) is 0 Å². The van der Waals surface area contributed by atoms with Crippen LogP contribution in [-0.2, 0) is 0 Å². The van der Waals surface area contributed by atoms with Crippen LogP contribution in [0.25, 0.3) is 10.9 Å². The van der Waals surface area contributed by atoms with Crippen LogP contribution in [0.3, 0.4) is 0 Å². The number of hydrogen-bond acceptors (Lipinski definition) is 2. The van der Waals surface area contributed by atoms with Gasteiger partial charge in [-0.05, 0) is 46.1 Å². The zero-order valence-corrected chi connectivity index (χ0v) is 11.9. The summed E-state index contributed by atoms with van der Waals surface area (Å²) in [5.74, 6) is -0.0277. The maximum atomic E-state index is 12.3. The molecule has 0 aliphatic heterocycles. The highest BCUT2D eigenvalue weighted by Gasteiger charge is 2.21. The van der Waals surface area contributed by atoms with Crippen LogP contribution in [0.4, 0.5) is 0 Å². The summed E-state index contributed by atoms with van der Waals surface area (Å²) in [7, 11) is 4.03. The first-order chi connectivity index (χ1) is 8.92. The minimum Gasteiger partial charge on any atom is -0.361 e. The van der Waals surface area contributed by atoms with Crippen LogP contribution in [0.2, 0.25) is 0 Å². The number of carbonyl (C=O) groups is 1. The van der Waals surface area contributed by atoms with Gasteiger partial charge in [-0.2, -0.15) is 0 Å². The van der Waals surface area contributed by atoms with Crippen molar-refractivity contribution in [1.29, 1.82) is 0 Å². The molecule has 4 nitrogen and oxygen atoms in total. The van der Waals surface area contributed by atoms with Gasteiger partial charge in [0.25, 0.3) is 5.91 Å². The van der Waals surface area contributed by atoms with Crippen LogP contribution in [0.1, 0.15) is 24.2 Å². The van der Waals surface area contributed by atoms with Gasteiger partial charge in [0.05, 0.1) is 0 Å². The summed E-state index contributed by atoms with van der Waals surface area (Å²) in [6, 6.07) is 7.65. The van der Waals surface area contributed by atoms with E-state index in [-0.39, 0.29) is 11.4 Å². The summed E-state index contributed by atoms with van der Waals surface area (Å²) < 4.78 is 0. The molecule has 0 spiro atoms. The predicted octanol–water partition coefficient (Wildman–Crippen LogP) is 2.24. The van der Waals surface area contributed by atoms with E-state index in [1.165, 1.54) is 0 Å². The van der Waals surface area contributed by atoms with E-state index in [1.807, 2.05) is 44.6 Å². The third kappa shape index (κ3) is 2.79. The molecule has 0 saturated carbocycles. The summed E-state index contributed by atoms with van der Waals surface area (Å²) >= 11 is 0. The quantitative estimate of drug-likeness (QED) is 0.884. The lowest BCUT2D eigenvalue weighted by atomic mass is 10.0. The number of nitrogens with zero attached hydrogens (tertiary/aromatic N) is 1. The summed E-state index contributed by atoms with van der Waals surface area (Å²) in [5.41, 5.74) is 1.63. The average Bonchev–Trinajstić information content (AvgIpc) is 2.83. The lowest BCUT2D eigenvalue weighted by Gasteiger charge is -2.32. The average molecular weight is 259 g/mol. The monoisotopic (exact) mass is 259 g/mol. The van der Waals surface area contributed by atoms with Crippen molar-refractivity contribution < 1.29 is 4.79 Å². The van der Waals surface area contributed by atoms with E-state index < -0.39 is 0 Å². The molecule has 1 amide bonds. The van der Waals surface area contributed by atoms with Gasteiger partial charge in [0.15, 0.2) is 0 Å². The standard InChI is InChI=1S/C15H21N3O/c1-15(2,18(3)4)10-17-14(19)12-6-5-7-13-11(12)8-9-16-13/h5-9,16H,10H2,1-4H3,(H,17,19). The Labute approximate surface area is 113 Å². The van der Waals surface area contributed by atoms with E-state index in [1.54, 1.807) is 0 Å². The molecule has 1 aromatic heterocycles. The van der Waals surface area contributed by atoms with Crippen molar-refractivity contribution in [3.63, 3.8) is 0 Å². The molecule has 0 bridgehead atoms. The van der Waals surface area contributed by atoms with Crippen LogP contribution >= 0.6 is 0 Å². The molecule has 0 aliphatic carbocycles. The second-order valence-corrected chi connectivity index (χ2v) is 5.63. The van der Waals surface area contributed by atoms with Crippen LogP contribution in [0.15, 0.2) is 30.5 Å². The minimum absolute atomic E-state index is 0.0277. The van der Waals surface area contributed by atoms with Gasteiger partial charge >= 0.3 is 0 Å². The third-order valence-corrected chi connectivity index (χ3v) is 3.73. The highest BCUT2D eigenvalue weighted by Crippen LogP contribution is 2.17. The van der Waals surface area contributed by atoms with E-state index in [0.29, 0.717) is 12.1 Å². The van der Waals surface area contributed by atoms with Gasteiger partial charge in [0, 0.05) is 34.7 Å². The van der Waals surface area contributed by atoms with Crippen molar-refractivity contribution >= 4 is 16.8 Å². The molecule has 1 aromatic carbocycles. The normalized spacial score (nSPS) is 12.1. The molecule has 0 unspecified atom stereocenters. The molecular formula is C15H21N3O. The van der Waals surface area contributed by atoms with E-state index in [4.69, 9.17) is 0 Å². The number of hydrogen-bond donors (Lipinski definition) is 2. The largest absolute Gasteiger partial charge is 0.361 e. The van der Waals surface area contributed by atoms with Crippen LogP contribution in [0, 0.1) is 0 Å². The van der Waals surface area contributed by atoms with Gasteiger partial charge in [0.1, 0.15) is 0 Å². The predicted molar refractivity (Wildman–Crippen MR) is 78.4 cm³/mol. The molecule has 4 heteroatoms. The summed E-state index contributed by atoms with van der Waals surface area (Å²) in [4.78, 5) is 17.5.